The number of furan rings is 1. The summed E-state index contributed by atoms with van der Waals surface area (Å²) in [6, 6.07) is 4.50. The van der Waals surface area contributed by atoms with E-state index in [-0.39, 0.29) is 0 Å². The van der Waals surface area contributed by atoms with Gasteiger partial charge in [-0.05, 0) is 63.0 Å². The smallest absolute Gasteiger partial charge is 0.114 e. The predicted octanol–water partition coefficient (Wildman–Crippen LogP) is 3.86. The summed E-state index contributed by atoms with van der Waals surface area (Å²) in [4.78, 5) is 2.34. The SMILES string of the molecule is C#CCN1CCC(c2occ3cc(C)c(C)cc23)CC1. The fourth-order valence-electron chi connectivity index (χ4n) is 3.14. The number of rotatable bonds is 2. The van der Waals surface area contributed by atoms with Crippen LogP contribution in [0.3, 0.4) is 0 Å². The molecule has 1 aliphatic heterocycles. The van der Waals surface area contributed by atoms with Crippen LogP contribution in [-0.4, -0.2) is 24.5 Å². The molecule has 1 aromatic carbocycles. The maximum atomic E-state index is 5.90. The molecule has 0 saturated carbocycles. The first-order chi connectivity index (χ1) is 9.69. The molecular weight excluding hydrogens is 246 g/mol. The monoisotopic (exact) mass is 267 g/mol. The van der Waals surface area contributed by atoms with Crippen molar-refractivity contribution in [3.05, 3.63) is 35.3 Å². The summed E-state index contributed by atoms with van der Waals surface area (Å²) in [6.07, 6.45) is 9.56. The minimum absolute atomic E-state index is 0.531. The molecule has 0 spiro atoms. The Kier molecular flexibility index (Phi) is 3.54. The number of nitrogens with zero attached hydrogens (tertiary/aromatic N) is 1. The Bertz CT molecular complexity index is 654. The van der Waals surface area contributed by atoms with Crippen LogP contribution < -0.4 is 0 Å². The van der Waals surface area contributed by atoms with Gasteiger partial charge in [0.05, 0.1) is 12.8 Å². The molecule has 2 heterocycles. The maximum absolute atomic E-state index is 5.90. The highest BCUT2D eigenvalue weighted by molar-refractivity contribution is 5.86. The number of likely N-dealkylation sites (tertiary alicyclic amines) is 1. The Balaban J connectivity index is 1.85. The van der Waals surface area contributed by atoms with Gasteiger partial charge in [0.2, 0.25) is 0 Å². The van der Waals surface area contributed by atoms with Crippen molar-refractivity contribution in [3.8, 4) is 12.3 Å². The van der Waals surface area contributed by atoms with Crippen molar-refractivity contribution in [2.75, 3.05) is 19.6 Å². The molecular formula is C18H21NO. The molecule has 0 bridgehead atoms. The summed E-state index contributed by atoms with van der Waals surface area (Å²) in [5.74, 6) is 4.43. The molecule has 104 valence electrons. The van der Waals surface area contributed by atoms with Crippen molar-refractivity contribution in [2.45, 2.75) is 32.6 Å². The van der Waals surface area contributed by atoms with Gasteiger partial charge in [-0.15, -0.1) is 6.42 Å². The Morgan fingerprint density at radius 2 is 1.95 bits per heavy atom. The fraction of sp³-hybridized carbons (Fsp3) is 0.444. The Morgan fingerprint density at radius 1 is 1.25 bits per heavy atom. The van der Waals surface area contributed by atoms with Crippen LogP contribution in [0.25, 0.3) is 10.8 Å². The van der Waals surface area contributed by atoms with Crippen LogP contribution in [0.5, 0.6) is 0 Å². The van der Waals surface area contributed by atoms with Crippen LogP contribution in [0.2, 0.25) is 0 Å². The number of benzene rings is 1. The van der Waals surface area contributed by atoms with Gasteiger partial charge in [0.1, 0.15) is 5.76 Å². The second kappa shape index (κ2) is 5.34. The number of terminal acetylenes is 1. The zero-order valence-electron chi connectivity index (χ0n) is 12.3. The molecule has 0 atom stereocenters. The van der Waals surface area contributed by atoms with E-state index in [1.165, 1.54) is 27.7 Å². The van der Waals surface area contributed by atoms with Crippen molar-refractivity contribution in [1.29, 1.82) is 0 Å². The lowest BCUT2D eigenvalue weighted by Gasteiger charge is -2.29. The molecule has 1 aliphatic rings. The standard InChI is InChI=1S/C18H21NO/c1-4-7-19-8-5-15(6-9-19)18-17-11-14(3)13(2)10-16(17)12-20-18/h1,10-12,15H,5-9H2,2-3H3. The quantitative estimate of drug-likeness (QED) is 0.768. The largest absolute Gasteiger partial charge is 0.468 e. The van der Waals surface area contributed by atoms with Gasteiger partial charge < -0.3 is 4.42 Å². The average Bonchev–Trinajstić information content (AvgIpc) is 2.83. The van der Waals surface area contributed by atoms with Gasteiger partial charge in [-0.2, -0.15) is 0 Å². The van der Waals surface area contributed by atoms with E-state index < -0.39 is 0 Å². The summed E-state index contributed by atoms with van der Waals surface area (Å²) >= 11 is 0. The lowest BCUT2D eigenvalue weighted by atomic mass is 9.91. The average molecular weight is 267 g/mol. The molecule has 0 unspecified atom stereocenters. The van der Waals surface area contributed by atoms with Crippen LogP contribution in [0.4, 0.5) is 0 Å². The third kappa shape index (κ3) is 2.34. The highest BCUT2D eigenvalue weighted by Gasteiger charge is 2.24. The Labute approximate surface area is 120 Å². The van der Waals surface area contributed by atoms with Crippen molar-refractivity contribution in [3.63, 3.8) is 0 Å². The predicted molar refractivity (Wildman–Crippen MR) is 82.9 cm³/mol. The fourth-order valence-corrected chi connectivity index (χ4v) is 3.14. The number of aryl methyl sites for hydroxylation is 2. The molecule has 3 rings (SSSR count). The number of piperidine rings is 1. The number of hydrogen-bond acceptors (Lipinski definition) is 2. The Hall–Kier alpha value is -1.72. The normalized spacial score (nSPS) is 17.4. The van der Waals surface area contributed by atoms with E-state index >= 15 is 0 Å². The highest BCUT2D eigenvalue weighted by atomic mass is 16.3. The van der Waals surface area contributed by atoms with Crippen LogP contribution in [0, 0.1) is 26.2 Å². The second-order valence-corrected chi connectivity index (χ2v) is 5.88. The van der Waals surface area contributed by atoms with E-state index in [1.54, 1.807) is 0 Å². The van der Waals surface area contributed by atoms with Crippen LogP contribution >= 0.6 is 0 Å². The van der Waals surface area contributed by atoms with Crippen molar-refractivity contribution >= 4 is 10.8 Å². The highest BCUT2D eigenvalue weighted by Crippen LogP contribution is 2.35. The van der Waals surface area contributed by atoms with E-state index in [0.717, 1.165) is 32.5 Å². The Morgan fingerprint density at radius 3 is 2.65 bits per heavy atom. The first-order valence-electron chi connectivity index (χ1n) is 7.33. The van der Waals surface area contributed by atoms with Gasteiger partial charge in [0.15, 0.2) is 0 Å². The van der Waals surface area contributed by atoms with Gasteiger partial charge >= 0.3 is 0 Å². The summed E-state index contributed by atoms with van der Waals surface area (Å²) in [5.41, 5.74) is 2.67. The topological polar surface area (TPSA) is 16.4 Å². The van der Waals surface area contributed by atoms with E-state index in [2.05, 4.69) is 36.8 Å². The summed E-state index contributed by atoms with van der Waals surface area (Å²) in [7, 11) is 0. The zero-order chi connectivity index (χ0) is 14.1. The molecule has 1 fully saturated rings. The molecule has 2 nitrogen and oxygen atoms in total. The number of fused-ring (bicyclic) bond motifs is 1. The van der Waals surface area contributed by atoms with Gasteiger partial charge in [-0.25, -0.2) is 0 Å². The summed E-state index contributed by atoms with van der Waals surface area (Å²) in [6.45, 7) is 7.23. The summed E-state index contributed by atoms with van der Waals surface area (Å²) < 4.78 is 5.90. The number of hydrogen-bond donors (Lipinski definition) is 0. The molecule has 0 aliphatic carbocycles. The minimum Gasteiger partial charge on any atom is -0.468 e. The lowest BCUT2D eigenvalue weighted by molar-refractivity contribution is 0.224. The zero-order valence-corrected chi connectivity index (χ0v) is 12.3. The summed E-state index contributed by atoms with van der Waals surface area (Å²) in [5, 5.41) is 2.53. The van der Waals surface area contributed by atoms with E-state index in [4.69, 9.17) is 10.8 Å². The van der Waals surface area contributed by atoms with E-state index in [0.29, 0.717) is 5.92 Å². The molecule has 2 aromatic rings. The van der Waals surface area contributed by atoms with Gasteiger partial charge in [-0.1, -0.05) is 5.92 Å². The van der Waals surface area contributed by atoms with Crippen molar-refractivity contribution < 1.29 is 4.42 Å². The minimum atomic E-state index is 0.531. The van der Waals surface area contributed by atoms with Gasteiger partial charge in [-0.3, -0.25) is 4.90 Å². The van der Waals surface area contributed by atoms with Crippen LogP contribution in [0.15, 0.2) is 22.8 Å². The van der Waals surface area contributed by atoms with Crippen molar-refractivity contribution in [2.24, 2.45) is 0 Å². The van der Waals surface area contributed by atoms with Crippen LogP contribution in [0.1, 0.15) is 35.6 Å². The molecule has 0 N–H and O–H groups in total. The first-order valence-corrected chi connectivity index (χ1v) is 7.33. The molecule has 0 amide bonds. The lowest BCUT2D eigenvalue weighted by Crippen LogP contribution is -2.33. The second-order valence-electron chi connectivity index (χ2n) is 5.88. The van der Waals surface area contributed by atoms with Gasteiger partial charge in [0, 0.05) is 16.7 Å². The molecule has 2 heteroatoms. The first kappa shape index (κ1) is 13.3. The molecule has 20 heavy (non-hydrogen) atoms. The van der Waals surface area contributed by atoms with Gasteiger partial charge in [0.25, 0.3) is 0 Å². The third-order valence-corrected chi connectivity index (χ3v) is 4.52. The molecule has 0 radical (unpaired) electrons. The molecule has 1 saturated heterocycles. The molecule has 1 aromatic heterocycles. The maximum Gasteiger partial charge on any atom is 0.114 e. The van der Waals surface area contributed by atoms with E-state index in [1.807, 2.05) is 6.26 Å². The van der Waals surface area contributed by atoms with E-state index in [9.17, 15) is 0 Å². The van der Waals surface area contributed by atoms with Crippen molar-refractivity contribution in [1.82, 2.24) is 4.90 Å². The van der Waals surface area contributed by atoms with Crippen LogP contribution in [-0.2, 0) is 0 Å². The third-order valence-electron chi connectivity index (χ3n) is 4.52.